The van der Waals surface area contributed by atoms with Gasteiger partial charge in [0, 0.05) is 15.6 Å². The Labute approximate surface area is 131 Å². The summed E-state index contributed by atoms with van der Waals surface area (Å²) in [4.78, 5) is 9.65. The second-order valence-corrected chi connectivity index (χ2v) is 6.65. The smallest absolute Gasteiger partial charge is 0.146 e. The lowest BCUT2D eigenvalue weighted by Crippen LogP contribution is -1.94. The quantitative estimate of drug-likeness (QED) is 0.389. The number of hydrogen-bond donors (Lipinski definition) is 0. The largest absolute Gasteiger partial charge is 0.239 e. The maximum Gasteiger partial charge on any atom is 0.146 e. The van der Waals surface area contributed by atoms with Crippen molar-refractivity contribution in [3.8, 4) is 0 Å². The van der Waals surface area contributed by atoms with Crippen molar-refractivity contribution in [3.05, 3.63) is 49.5 Å². The molecular formula is C11H7BrClIN2S. The van der Waals surface area contributed by atoms with Crippen LogP contribution in [-0.2, 0) is 5.75 Å². The molecular weight excluding hydrogens is 434 g/mol. The number of nitrogens with zero attached hydrogens (tertiary/aromatic N) is 2. The van der Waals surface area contributed by atoms with E-state index in [4.69, 9.17) is 11.6 Å². The Kier molecular flexibility index (Phi) is 5.08. The molecule has 0 saturated carbocycles. The molecule has 0 aliphatic heterocycles. The van der Waals surface area contributed by atoms with Crippen molar-refractivity contribution in [2.45, 2.75) is 10.6 Å². The minimum atomic E-state index is 0.520. The summed E-state index contributed by atoms with van der Waals surface area (Å²) in [7, 11) is 0. The molecule has 0 aliphatic rings. The molecule has 0 saturated heterocycles. The van der Waals surface area contributed by atoms with Crippen LogP contribution in [0, 0.1) is 3.57 Å². The van der Waals surface area contributed by atoms with Crippen molar-refractivity contribution >= 4 is 61.9 Å². The highest BCUT2D eigenvalue weighted by molar-refractivity contribution is 14.1. The van der Waals surface area contributed by atoms with Gasteiger partial charge in [0.1, 0.15) is 11.0 Å². The van der Waals surface area contributed by atoms with Crippen LogP contribution in [-0.4, -0.2) is 9.97 Å². The summed E-state index contributed by atoms with van der Waals surface area (Å²) < 4.78 is 1.96. The van der Waals surface area contributed by atoms with Gasteiger partial charge in [-0.1, -0.05) is 27.5 Å². The summed E-state index contributed by atoms with van der Waals surface area (Å²) in [6, 6.07) is 8.15. The first-order valence-corrected chi connectivity index (χ1v) is 7.94. The molecule has 0 N–H and O–H groups in total. The van der Waals surface area contributed by atoms with Crippen molar-refractivity contribution in [1.82, 2.24) is 9.97 Å². The number of rotatable bonds is 3. The summed E-state index contributed by atoms with van der Waals surface area (Å²) in [6.45, 7) is 0. The third-order valence-corrected chi connectivity index (χ3v) is 4.87. The zero-order valence-corrected chi connectivity index (χ0v) is 13.8. The minimum Gasteiger partial charge on any atom is -0.239 e. The van der Waals surface area contributed by atoms with Crippen molar-refractivity contribution in [1.29, 1.82) is 0 Å². The van der Waals surface area contributed by atoms with Gasteiger partial charge in [-0.15, -0.1) is 11.8 Å². The van der Waals surface area contributed by atoms with Crippen LogP contribution in [0.25, 0.3) is 0 Å². The van der Waals surface area contributed by atoms with Gasteiger partial charge >= 0.3 is 0 Å². The monoisotopic (exact) mass is 440 g/mol. The topological polar surface area (TPSA) is 25.8 Å². The molecule has 0 atom stereocenters. The molecule has 2 rings (SSSR count). The molecule has 1 aromatic carbocycles. The predicted octanol–water partition coefficient (Wildman–Crippen LogP) is 4.79. The molecule has 0 fully saturated rings. The Morgan fingerprint density at radius 3 is 2.65 bits per heavy atom. The average Bonchev–Trinajstić information content (AvgIpc) is 2.33. The normalized spacial score (nSPS) is 10.5. The van der Waals surface area contributed by atoms with E-state index in [0.29, 0.717) is 5.15 Å². The molecule has 88 valence electrons. The van der Waals surface area contributed by atoms with Crippen molar-refractivity contribution < 1.29 is 0 Å². The average molecular weight is 442 g/mol. The van der Waals surface area contributed by atoms with Crippen LogP contribution in [0.3, 0.4) is 0 Å². The Balaban J connectivity index is 2.02. The number of hydrogen-bond acceptors (Lipinski definition) is 3. The van der Waals surface area contributed by atoms with Gasteiger partial charge < -0.3 is 0 Å². The van der Waals surface area contributed by atoms with Gasteiger partial charge in [-0.3, -0.25) is 0 Å². The van der Waals surface area contributed by atoms with Gasteiger partial charge in [0.05, 0.1) is 9.32 Å². The van der Waals surface area contributed by atoms with E-state index in [0.717, 1.165) is 19.6 Å². The zero-order valence-electron chi connectivity index (χ0n) is 8.53. The standard InChI is InChI=1S/C11H7BrClIN2S/c12-7-1-3-8(4-2-7)17-6-10-15-5-9(14)11(13)16-10/h1-5H,6H2. The fraction of sp³-hybridized carbons (Fsp3) is 0.0909. The third-order valence-electron chi connectivity index (χ3n) is 1.93. The SMILES string of the molecule is Clc1nc(CSc2ccc(Br)cc2)ncc1I. The second-order valence-electron chi connectivity index (χ2n) is 3.17. The Hall–Kier alpha value is 0.150. The van der Waals surface area contributed by atoms with E-state index >= 15 is 0 Å². The van der Waals surface area contributed by atoms with Gasteiger partial charge in [-0.05, 0) is 46.9 Å². The molecule has 1 aromatic heterocycles. The first-order valence-electron chi connectivity index (χ1n) is 4.70. The predicted molar refractivity (Wildman–Crippen MR) is 83.5 cm³/mol. The van der Waals surface area contributed by atoms with Gasteiger partial charge in [-0.25, -0.2) is 9.97 Å². The summed E-state index contributed by atoms with van der Waals surface area (Å²) in [5.41, 5.74) is 0. The highest BCUT2D eigenvalue weighted by Crippen LogP contribution is 2.24. The molecule has 6 heteroatoms. The molecule has 0 amide bonds. The van der Waals surface area contributed by atoms with Gasteiger partial charge in [0.2, 0.25) is 0 Å². The number of aromatic nitrogens is 2. The van der Waals surface area contributed by atoms with Crippen LogP contribution >= 0.6 is 61.9 Å². The lowest BCUT2D eigenvalue weighted by Gasteiger charge is -2.02. The van der Waals surface area contributed by atoms with Crippen LogP contribution in [0.2, 0.25) is 5.15 Å². The highest BCUT2D eigenvalue weighted by Gasteiger charge is 2.03. The molecule has 0 aliphatic carbocycles. The Morgan fingerprint density at radius 2 is 2.00 bits per heavy atom. The maximum atomic E-state index is 5.94. The molecule has 2 nitrogen and oxygen atoms in total. The first-order chi connectivity index (χ1) is 8.15. The Morgan fingerprint density at radius 1 is 1.29 bits per heavy atom. The van der Waals surface area contributed by atoms with E-state index in [9.17, 15) is 0 Å². The molecule has 0 unspecified atom stereocenters. The Bertz CT molecular complexity index is 521. The van der Waals surface area contributed by atoms with E-state index in [2.05, 4.69) is 60.6 Å². The lowest BCUT2D eigenvalue weighted by atomic mass is 10.4. The maximum absolute atomic E-state index is 5.94. The molecule has 17 heavy (non-hydrogen) atoms. The van der Waals surface area contributed by atoms with Crippen molar-refractivity contribution in [3.63, 3.8) is 0 Å². The van der Waals surface area contributed by atoms with Crippen LogP contribution in [0.4, 0.5) is 0 Å². The van der Waals surface area contributed by atoms with Crippen LogP contribution in [0.1, 0.15) is 5.82 Å². The fourth-order valence-electron chi connectivity index (χ4n) is 1.13. The van der Waals surface area contributed by atoms with E-state index < -0.39 is 0 Å². The summed E-state index contributed by atoms with van der Waals surface area (Å²) in [5.74, 6) is 1.47. The number of thioether (sulfide) groups is 1. The van der Waals surface area contributed by atoms with E-state index in [1.54, 1.807) is 18.0 Å². The zero-order chi connectivity index (χ0) is 12.3. The van der Waals surface area contributed by atoms with Crippen LogP contribution in [0.15, 0.2) is 39.8 Å². The number of benzene rings is 1. The first kappa shape index (κ1) is 13.6. The second kappa shape index (κ2) is 6.36. The van der Waals surface area contributed by atoms with Crippen molar-refractivity contribution in [2.75, 3.05) is 0 Å². The lowest BCUT2D eigenvalue weighted by molar-refractivity contribution is 1.02. The van der Waals surface area contributed by atoms with E-state index in [1.165, 1.54) is 4.90 Å². The van der Waals surface area contributed by atoms with Gasteiger partial charge in [-0.2, -0.15) is 0 Å². The summed E-state index contributed by atoms with van der Waals surface area (Å²) >= 11 is 13.2. The molecule has 0 spiro atoms. The summed E-state index contributed by atoms with van der Waals surface area (Å²) in [6.07, 6.45) is 1.74. The number of halogens is 3. The summed E-state index contributed by atoms with van der Waals surface area (Å²) in [5, 5.41) is 0.520. The van der Waals surface area contributed by atoms with Gasteiger partial charge in [0.25, 0.3) is 0 Å². The molecule has 2 aromatic rings. The minimum absolute atomic E-state index is 0.520. The highest BCUT2D eigenvalue weighted by atomic mass is 127. The van der Waals surface area contributed by atoms with Crippen molar-refractivity contribution in [2.24, 2.45) is 0 Å². The van der Waals surface area contributed by atoms with Crippen LogP contribution in [0.5, 0.6) is 0 Å². The molecule has 0 bridgehead atoms. The molecule has 1 heterocycles. The van der Waals surface area contributed by atoms with E-state index in [1.807, 2.05) is 12.1 Å². The third kappa shape index (κ3) is 4.08. The fourth-order valence-corrected chi connectivity index (χ4v) is 2.56. The molecule has 0 radical (unpaired) electrons. The van der Waals surface area contributed by atoms with E-state index in [-0.39, 0.29) is 0 Å². The van der Waals surface area contributed by atoms with Gasteiger partial charge in [0.15, 0.2) is 0 Å². The van der Waals surface area contributed by atoms with Crippen LogP contribution < -0.4 is 0 Å².